The third-order valence-electron chi connectivity index (χ3n) is 9.71. The zero-order valence-corrected chi connectivity index (χ0v) is 31.7. The second kappa shape index (κ2) is 14.2. The van der Waals surface area contributed by atoms with Gasteiger partial charge in [-0.3, -0.25) is 5.32 Å². The molecular formula is C37H40ClF3N6O5S. The molecule has 4 heterocycles. The molecule has 53 heavy (non-hydrogen) atoms. The maximum Gasteiger partial charge on any atom is 0.409 e. The summed E-state index contributed by atoms with van der Waals surface area (Å²) in [4.78, 5) is 24.6. The molecule has 2 aliphatic heterocycles. The number of nitrogens with one attached hydrogen (secondary N) is 1. The summed E-state index contributed by atoms with van der Waals surface area (Å²) in [7, 11) is 1.92. The van der Waals surface area contributed by atoms with E-state index in [0.717, 1.165) is 11.3 Å². The number of rotatable bonds is 6. The Morgan fingerprint density at radius 3 is 2.60 bits per heavy atom. The van der Waals surface area contributed by atoms with Gasteiger partial charge in [-0.25, -0.2) is 18.0 Å². The summed E-state index contributed by atoms with van der Waals surface area (Å²) >= 11 is 7.83. The summed E-state index contributed by atoms with van der Waals surface area (Å²) in [6.45, 7) is 10.4. The van der Waals surface area contributed by atoms with Crippen molar-refractivity contribution in [3.05, 3.63) is 51.8 Å². The van der Waals surface area contributed by atoms with Gasteiger partial charge in [0.25, 0.3) is 0 Å². The first-order chi connectivity index (χ1) is 24.9. The maximum absolute atomic E-state index is 17.5. The minimum atomic E-state index is -1.43. The van der Waals surface area contributed by atoms with Gasteiger partial charge in [-0.2, -0.15) is 15.2 Å². The van der Waals surface area contributed by atoms with Crippen LogP contribution in [0.15, 0.2) is 24.0 Å². The summed E-state index contributed by atoms with van der Waals surface area (Å²) in [6.07, 6.45) is -0.353. The quantitative estimate of drug-likeness (QED) is 0.177. The van der Waals surface area contributed by atoms with Crippen LogP contribution in [0.4, 0.5) is 28.8 Å². The van der Waals surface area contributed by atoms with Gasteiger partial charge < -0.3 is 29.5 Å². The predicted molar refractivity (Wildman–Crippen MR) is 199 cm³/mol. The van der Waals surface area contributed by atoms with Crippen molar-refractivity contribution in [1.82, 2.24) is 14.9 Å². The summed E-state index contributed by atoms with van der Waals surface area (Å²) in [5.74, 6) is -1.71. The number of thiophene rings is 1. The number of aliphatic hydroxyl groups is 1. The molecule has 2 fully saturated rings. The molecule has 6 rings (SSSR count). The lowest BCUT2D eigenvalue weighted by atomic mass is 9.78. The number of nitrogens with zero attached hydrogens (tertiary/aromatic N) is 5. The van der Waals surface area contributed by atoms with Gasteiger partial charge in [0.2, 0.25) is 0 Å². The van der Waals surface area contributed by atoms with E-state index in [-0.39, 0.29) is 87.7 Å². The molecule has 2 aliphatic rings. The SMILES string of the molecule is CN1CC/C(=C\F)[C@](C)(COc2nc(N3CCOC[C@@](C)(O)C3)c3cc(Cl)c(-c4c(F)c(C(C)(C)C)cc5sc(NC(=O)O)c(C#N)c45)c(F)c3n2)C1. The van der Waals surface area contributed by atoms with Crippen molar-refractivity contribution >= 4 is 60.8 Å². The van der Waals surface area contributed by atoms with Crippen molar-refractivity contribution in [2.24, 2.45) is 5.41 Å². The molecule has 0 bridgehead atoms. The minimum Gasteiger partial charge on any atom is -0.465 e. The first-order valence-electron chi connectivity index (χ1n) is 16.9. The summed E-state index contributed by atoms with van der Waals surface area (Å²) < 4.78 is 60.6. The summed E-state index contributed by atoms with van der Waals surface area (Å²) in [6, 6.07) is 4.65. The Bertz CT molecular complexity index is 2200. The molecule has 0 radical (unpaired) electrons. The number of anilines is 2. The van der Waals surface area contributed by atoms with Crippen LogP contribution >= 0.6 is 22.9 Å². The molecule has 3 N–H and O–H groups in total. The molecule has 0 aliphatic carbocycles. The van der Waals surface area contributed by atoms with E-state index < -0.39 is 39.7 Å². The maximum atomic E-state index is 17.5. The van der Waals surface area contributed by atoms with Crippen molar-refractivity contribution in [2.75, 3.05) is 63.3 Å². The molecule has 282 valence electrons. The lowest BCUT2D eigenvalue weighted by molar-refractivity contribution is -0.0123. The largest absolute Gasteiger partial charge is 0.465 e. The number of amides is 1. The van der Waals surface area contributed by atoms with Crippen LogP contribution in [0.2, 0.25) is 5.02 Å². The highest BCUT2D eigenvalue weighted by Gasteiger charge is 2.37. The van der Waals surface area contributed by atoms with Gasteiger partial charge in [-0.05, 0) is 49.1 Å². The molecule has 2 aromatic heterocycles. The van der Waals surface area contributed by atoms with Gasteiger partial charge in [0.15, 0.2) is 5.82 Å². The number of aromatic nitrogens is 2. The average Bonchev–Trinajstić information content (AvgIpc) is 3.29. The second-order valence-corrected chi connectivity index (χ2v) is 16.8. The number of β-amino-alcohol motifs (C(OH)–C–C–N with tert-alkyl or cyclic N) is 1. The molecule has 0 spiro atoms. The number of fused-ring (bicyclic) bond motifs is 2. The number of halogens is 4. The standard InChI is InChI=1S/C37H40ClF3N6O5S/c1-35(2,3)22-12-24-25(21(14-42)32(53-24)45-34(48)49)27(28(22)40)26-23(38)11-20-30(29(26)41)43-33(44-31(20)47-9-10-51-18-37(5,50)16-47)52-17-36(4)15-46(6)8-7-19(36)13-39/h11-13,45,50H,7-10,15-18H2,1-6H3,(H,48,49)/b19-13+/t36-,37-/m0/s1. The molecule has 0 unspecified atom stereocenters. The molecule has 2 atom stereocenters. The van der Waals surface area contributed by atoms with Crippen LogP contribution < -0.4 is 15.0 Å². The smallest absolute Gasteiger partial charge is 0.409 e. The van der Waals surface area contributed by atoms with Crippen molar-refractivity contribution in [3.63, 3.8) is 0 Å². The van der Waals surface area contributed by atoms with Crippen LogP contribution in [0, 0.1) is 28.4 Å². The summed E-state index contributed by atoms with van der Waals surface area (Å²) in [5.41, 5.74) is -3.34. The van der Waals surface area contributed by atoms with Crippen molar-refractivity contribution < 1.29 is 37.7 Å². The lowest BCUT2D eigenvalue weighted by Crippen LogP contribution is -2.44. The van der Waals surface area contributed by atoms with Crippen LogP contribution in [0.1, 0.15) is 52.2 Å². The zero-order valence-electron chi connectivity index (χ0n) is 30.2. The van der Waals surface area contributed by atoms with E-state index in [4.69, 9.17) is 21.1 Å². The van der Waals surface area contributed by atoms with Gasteiger partial charge >= 0.3 is 12.1 Å². The van der Waals surface area contributed by atoms with E-state index in [1.165, 1.54) is 12.1 Å². The molecule has 1 amide bonds. The minimum absolute atomic E-state index is 0.0155. The molecule has 16 heteroatoms. The Morgan fingerprint density at radius 2 is 1.94 bits per heavy atom. The van der Waals surface area contributed by atoms with Gasteiger partial charge in [-0.15, -0.1) is 11.3 Å². The van der Waals surface area contributed by atoms with E-state index in [1.54, 1.807) is 32.6 Å². The molecule has 11 nitrogen and oxygen atoms in total. The Kier molecular flexibility index (Phi) is 10.3. The fourth-order valence-electron chi connectivity index (χ4n) is 7.13. The van der Waals surface area contributed by atoms with Crippen molar-refractivity contribution in [3.8, 4) is 23.2 Å². The number of carboxylic acid groups (broad SMARTS) is 1. The third-order valence-corrected chi connectivity index (χ3v) is 11.1. The first-order valence-corrected chi connectivity index (χ1v) is 18.1. The Hall–Kier alpha value is -4.20. The third kappa shape index (κ3) is 7.35. The lowest BCUT2D eigenvalue weighted by Gasteiger charge is -2.40. The number of likely N-dealkylation sites (tertiary alicyclic amines) is 1. The van der Waals surface area contributed by atoms with Gasteiger partial charge in [0, 0.05) is 51.6 Å². The van der Waals surface area contributed by atoms with Crippen LogP contribution in [0.3, 0.4) is 0 Å². The van der Waals surface area contributed by atoms with Crippen LogP contribution in [0.5, 0.6) is 6.01 Å². The highest BCUT2D eigenvalue weighted by atomic mass is 35.5. The topological polar surface area (TPSA) is 144 Å². The number of hydrogen-bond donors (Lipinski definition) is 3. The van der Waals surface area contributed by atoms with Crippen molar-refractivity contribution in [1.29, 1.82) is 5.26 Å². The van der Waals surface area contributed by atoms with E-state index >= 15 is 8.78 Å². The predicted octanol–water partition coefficient (Wildman–Crippen LogP) is 7.86. The highest BCUT2D eigenvalue weighted by molar-refractivity contribution is 7.23. The average molecular weight is 773 g/mol. The Labute approximate surface area is 313 Å². The van der Waals surface area contributed by atoms with E-state index in [2.05, 4.69) is 20.2 Å². The molecular weight excluding hydrogens is 733 g/mol. The van der Waals surface area contributed by atoms with Gasteiger partial charge in [0.1, 0.15) is 40.4 Å². The monoisotopic (exact) mass is 772 g/mol. The normalized spacial score (nSPS) is 22.3. The van der Waals surface area contributed by atoms with Crippen LogP contribution in [-0.4, -0.2) is 89.8 Å². The number of ether oxygens (including phenoxy) is 2. The molecule has 2 aromatic carbocycles. The first kappa shape index (κ1) is 38.5. The fourth-order valence-corrected chi connectivity index (χ4v) is 8.50. The van der Waals surface area contributed by atoms with E-state index in [1.807, 2.05) is 20.0 Å². The highest BCUT2D eigenvalue weighted by Crippen LogP contribution is 2.49. The zero-order chi connectivity index (χ0) is 38.6. The summed E-state index contributed by atoms with van der Waals surface area (Å²) in [5, 5.41) is 32.8. The second-order valence-electron chi connectivity index (χ2n) is 15.3. The van der Waals surface area contributed by atoms with E-state index in [9.17, 15) is 24.7 Å². The molecule has 0 saturated carbocycles. The number of benzene rings is 2. The number of carbonyl (C=O) groups is 1. The Morgan fingerprint density at radius 1 is 1.21 bits per heavy atom. The van der Waals surface area contributed by atoms with Gasteiger partial charge in [0.05, 0.1) is 36.7 Å². The number of piperidine rings is 1. The number of nitriles is 1. The van der Waals surface area contributed by atoms with E-state index in [0.29, 0.717) is 36.1 Å². The van der Waals surface area contributed by atoms with Crippen molar-refractivity contribution in [2.45, 2.75) is 52.1 Å². The van der Waals surface area contributed by atoms with Gasteiger partial charge in [-0.1, -0.05) is 39.3 Å². The molecule has 4 aromatic rings. The number of hydrogen-bond acceptors (Lipinski definition) is 10. The van der Waals surface area contributed by atoms with Crippen LogP contribution in [0.25, 0.3) is 32.1 Å². The molecule has 2 saturated heterocycles. The van der Waals surface area contributed by atoms with Crippen LogP contribution in [-0.2, 0) is 10.2 Å². The Balaban J connectivity index is 1.63. The fraction of sp³-hybridized carbons (Fsp3) is 0.459.